The molecule has 0 aromatic heterocycles. The Hall–Kier alpha value is -3.53. The van der Waals surface area contributed by atoms with E-state index in [4.69, 9.17) is 4.74 Å². The highest BCUT2D eigenvalue weighted by molar-refractivity contribution is 5.98. The molecule has 1 saturated heterocycles. The van der Waals surface area contributed by atoms with Crippen molar-refractivity contribution in [1.82, 2.24) is 4.90 Å². The molecule has 0 N–H and O–H groups in total. The van der Waals surface area contributed by atoms with E-state index in [2.05, 4.69) is 38.6 Å². The lowest BCUT2D eigenvalue weighted by atomic mass is 9.96. The molecular weight excluding hydrogens is 384 g/mol. The quantitative estimate of drug-likeness (QED) is 0.510. The molecule has 1 heterocycles. The van der Waals surface area contributed by atoms with Crippen LogP contribution in [0.5, 0.6) is 5.75 Å². The molecule has 1 aliphatic rings. The first-order valence-electron chi connectivity index (χ1n) is 10.5. The third-order valence-corrected chi connectivity index (χ3v) is 6.03. The van der Waals surface area contributed by atoms with Crippen molar-refractivity contribution in [3.8, 4) is 5.75 Å². The van der Waals surface area contributed by atoms with Gasteiger partial charge >= 0.3 is 6.03 Å². The highest BCUT2D eigenvalue weighted by Gasteiger charge is 2.39. The van der Waals surface area contributed by atoms with E-state index in [1.807, 2.05) is 64.4 Å². The Balaban J connectivity index is 1.65. The van der Waals surface area contributed by atoms with E-state index >= 15 is 0 Å². The van der Waals surface area contributed by atoms with Crippen LogP contribution >= 0.6 is 0 Å². The van der Waals surface area contributed by atoms with Gasteiger partial charge in [0.2, 0.25) is 0 Å². The molecule has 0 radical (unpaired) electrons. The molecule has 2 amide bonds. The minimum atomic E-state index is -0.129. The molecule has 0 aliphatic carbocycles. The van der Waals surface area contributed by atoms with E-state index in [1.165, 1.54) is 11.1 Å². The Labute approximate surface area is 184 Å². The van der Waals surface area contributed by atoms with Gasteiger partial charge in [0.15, 0.2) is 0 Å². The summed E-state index contributed by atoms with van der Waals surface area (Å²) in [5.41, 5.74) is 6.47. The summed E-state index contributed by atoms with van der Waals surface area (Å²) in [6.07, 6.45) is 0. The summed E-state index contributed by atoms with van der Waals surface area (Å²) in [4.78, 5) is 17.3. The number of hydrogen-bond donors (Lipinski definition) is 0. The molecule has 0 spiro atoms. The van der Waals surface area contributed by atoms with Gasteiger partial charge in [0.25, 0.3) is 0 Å². The Morgan fingerprint density at radius 1 is 1.00 bits per heavy atom. The van der Waals surface area contributed by atoms with Crippen LogP contribution in [-0.2, 0) is 6.54 Å². The number of amides is 2. The zero-order valence-electron chi connectivity index (χ0n) is 18.3. The Kier molecular flexibility index (Phi) is 5.81. The number of carbonyl (C=O) groups is 1. The molecule has 1 aliphatic heterocycles. The minimum Gasteiger partial charge on any atom is -0.497 e. The second kappa shape index (κ2) is 8.68. The number of nitrogens with zero attached hydrogens (tertiary/aromatic N) is 2. The number of benzene rings is 3. The van der Waals surface area contributed by atoms with E-state index in [9.17, 15) is 4.79 Å². The molecule has 4 heteroatoms. The van der Waals surface area contributed by atoms with Crippen LogP contribution in [0.4, 0.5) is 10.5 Å². The summed E-state index contributed by atoms with van der Waals surface area (Å²) in [5.74, 6) is 0.809. The summed E-state index contributed by atoms with van der Waals surface area (Å²) in [6, 6.07) is 24.0. The van der Waals surface area contributed by atoms with E-state index < -0.39 is 0 Å². The number of rotatable bonds is 6. The van der Waals surface area contributed by atoms with Gasteiger partial charge in [-0.2, -0.15) is 0 Å². The lowest BCUT2D eigenvalue weighted by Gasteiger charge is -2.25. The molecule has 1 atom stereocenters. The Morgan fingerprint density at radius 3 is 2.35 bits per heavy atom. The summed E-state index contributed by atoms with van der Waals surface area (Å²) < 4.78 is 5.25. The second-order valence-electron chi connectivity index (χ2n) is 8.06. The SMILES string of the molecule is C=C(c1ccc(C)c(C)c1)C1CN(Cc2ccc(OC)cc2)C(=O)N1c1ccccc1. The molecule has 31 heavy (non-hydrogen) atoms. The summed E-state index contributed by atoms with van der Waals surface area (Å²) in [6.45, 7) is 9.76. The monoisotopic (exact) mass is 412 g/mol. The van der Waals surface area contributed by atoms with Crippen LogP contribution in [0.1, 0.15) is 22.3 Å². The average molecular weight is 413 g/mol. The van der Waals surface area contributed by atoms with Crippen molar-refractivity contribution >= 4 is 17.3 Å². The van der Waals surface area contributed by atoms with Gasteiger partial charge in [-0.1, -0.05) is 55.1 Å². The van der Waals surface area contributed by atoms with Crippen molar-refractivity contribution in [2.24, 2.45) is 0 Å². The van der Waals surface area contributed by atoms with Gasteiger partial charge in [-0.25, -0.2) is 4.79 Å². The fraction of sp³-hybridized carbons (Fsp3) is 0.222. The number of anilines is 1. The standard InChI is InChI=1S/C27H28N2O2/c1-19-10-13-23(16-20(19)2)21(3)26-18-28(17-22-11-14-25(31-4)15-12-22)27(30)29(26)24-8-6-5-7-9-24/h5-16,26H,3,17-18H2,1-2,4H3. The Morgan fingerprint density at radius 2 is 1.71 bits per heavy atom. The predicted molar refractivity (Wildman–Crippen MR) is 126 cm³/mol. The highest BCUT2D eigenvalue weighted by Crippen LogP contribution is 2.33. The van der Waals surface area contributed by atoms with Gasteiger partial charge in [-0.05, 0) is 65.9 Å². The van der Waals surface area contributed by atoms with E-state index in [1.54, 1.807) is 7.11 Å². The first-order chi connectivity index (χ1) is 15.0. The van der Waals surface area contributed by atoms with E-state index in [0.717, 1.165) is 28.1 Å². The van der Waals surface area contributed by atoms with Crippen LogP contribution in [0.3, 0.4) is 0 Å². The fourth-order valence-corrected chi connectivity index (χ4v) is 4.02. The van der Waals surface area contributed by atoms with Gasteiger partial charge < -0.3 is 9.64 Å². The number of ether oxygens (including phenoxy) is 1. The number of urea groups is 1. The van der Waals surface area contributed by atoms with Crippen molar-refractivity contribution in [2.75, 3.05) is 18.6 Å². The lowest BCUT2D eigenvalue weighted by molar-refractivity contribution is 0.218. The van der Waals surface area contributed by atoms with Crippen LogP contribution in [0, 0.1) is 13.8 Å². The van der Waals surface area contributed by atoms with Crippen LogP contribution in [-0.4, -0.2) is 30.6 Å². The molecule has 4 rings (SSSR count). The van der Waals surface area contributed by atoms with Gasteiger partial charge in [-0.15, -0.1) is 0 Å². The molecule has 0 bridgehead atoms. The van der Waals surface area contributed by atoms with Crippen LogP contribution in [0.2, 0.25) is 0 Å². The summed E-state index contributed by atoms with van der Waals surface area (Å²) in [5, 5.41) is 0. The summed E-state index contributed by atoms with van der Waals surface area (Å²) >= 11 is 0. The number of hydrogen-bond acceptors (Lipinski definition) is 2. The third-order valence-electron chi connectivity index (χ3n) is 6.03. The number of methoxy groups -OCH3 is 1. The molecule has 1 fully saturated rings. The van der Waals surface area contributed by atoms with Gasteiger partial charge in [0, 0.05) is 18.8 Å². The largest absolute Gasteiger partial charge is 0.497 e. The van der Waals surface area contributed by atoms with Gasteiger partial charge in [0.05, 0.1) is 13.2 Å². The summed E-state index contributed by atoms with van der Waals surface area (Å²) in [7, 11) is 1.65. The topological polar surface area (TPSA) is 32.8 Å². The second-order valence-corrected chi connectivity index (χ2v) is 8.06. The number of aryl methyl sites for hydroxylation is 2. The molecule has 3 aromatic rings. The van der Waals surface area contributed by atoms with Crippen molar-refractivity contribution < 1.29 is 9.53 Å². The van der Waals surface area contributed by atoms with Crippen LogP contribution in [0.15, 0.2) is 79.4 Å². The molecule has 4 nitrogen and oxygen atoms in total. The predicted octanol–water partition coefficient (Wildman–Crippen LogP) is 5.84. The molecule has 3 aromatic carbocycles. The first kappa shape index (κ1) is 20.7. The number of para-hydroxylation sites is 1. The zero-order valence-corrected chi connectivity index (χ0v) is 18.3. The maximum Gasteiger partial charge on any atom is 0.325 e. The zero-order chi connectivity index (χ0) is 22.0. The van der Waals surface area contributed by atoms with Crippen LogP contribution in [0.25, 0.3) is 5.57 Å². The maximum atomic E-state index is 13.5. The van der Waals surface area contributed by atoms with Crippen molar-refractivity contribution in [1.29, 1.82) is 0 Å². The smallest absolute Gasteiger partial charge is 0.325 e. The molecular formula is C27H28N2O2. The third kappa shape index (κ3) is 4.19. The maximum absolute atomic E-state index is 13.5. The Bertz CT molecular complexity index is 1090. The normalized spacial score (nSPS) is 16.0. The van der Waals surface area contributed by atoms with E-state index in [0.29, 0.717) is 13.1 Å². The van der Waals surface area contributed by atoms with Crippen molar-refractivity contribution in [2.45, 2.75) is 26.4 Å². The first-order valence-corrected chi connectivity index (χ1v) is 10.5. The van der Waals surface area contributed by atoms with E-state index in [-0.39, 0.29) is 12.1 Å². The molecule has 1 unspecified atom stereocenters. The van der Waals surface area contributed by atoms with Gasteiger partial charge in [-0.3, -0.25) is 4.90 Å². The molecule has 0 saturated carbocycles. The minimum absolute atomic E-state index is 0.00278. The van der Waals surface area contributed by atoms with Gasteiger partial charge in [0.1, 0.15) is 5.75 Å². The highest BCUT2D eigenvalue weighted by atomic mass is 16.5. The average Bonchev–Trinajstić information content (AvgIpc) is 3.12. The lowest BCUT2D eigenvalue weighted by Crippen LogP contribution is -2.35. The van der Waals surface area contributed by atoms with Crippen molar-refractivity contribution in [3.63, 3.8) is 0 Å². The fourth-order valence-electron chi connectivity index (χ4n) is 4.02. The number of carbonyl (C=O) groups excluding carboxylic acids is 1. The molecule has 158 valence electrons. The van der Waals surface area contributed by atoms with Crippen molar-refractivity contribution in [3.05, 3.63) is 102 Å². The van der Waals surface area contributed by atoms with Crippen LogP contribution < -0.4 is 9.64 Å².